The van der Waals surface area contributed by atoms with E-state index in [-0.39, 0.29) is 88.6 Å². The van der Waals surface area contributed by atoms with Crippen molar-refractivity contribution in [3.63, 3.8) is 0 Å². The summed E-state index contributed by atoms with van der Waals surface area (Å²) in [6, 6.07) is 8.04. The molecular weight excluding hydrogens is 712 g/mol. The largest absolute Gasteiger partial charge is 0.489 e. The third-order valence-electron chi connectivity index (χ3n) is 15.4. The smallest absolute Gasteiger partial charge is 0.330 e. The number of aliphatic hydroxyl groups excluding tert-OH is 1. The Bertz CT molecular complexity index is 1540. The highest BCUT2D eigenvalue weighted by molar-refractivity contribution is 5.82. The maximum absolute atomic E-state index is 13.5. The number of carbonyl (C=O) groups is 4. The maximum atomic E-state index is 13.5. The highest BCUT2D eigenvalue weighted by Crippen LogP contribution is 2.69. The van der Waals surface area contributed by atoms with Crippen molar-refractivity contribution in [1.29, 1.82) is 0 Å². The van der Waals surface area contributed by atoms with E-state index in [4.69, 9.17) is 23.7 Å². The minimum Gasteiger partial charge on any atom is -0.489 e. The molecule has 5 aliphatic carbocycles. The zero-order valence-corrected chi connectivity index (χ0v) is 34.3. The van der Waals surface area contributed by atoms with Crippen molar-refractivity contribution >= 4 is 24.9 Å². The molecule has 0 heterocycles. The topological polar surface area (TPSA) is 135 Å². The predicted molar refractivity (Wildman–Crippen MR) is 210 cm³/mol. The molecule has 0 amide bonds. The van der Waals surface area contributed by atoms with Crippen LogP contribution in [0.1, 0.15) is 124 Å². The van der Waals surface area contributed by atoms with Gasteiger partial charge in [-0.1, -0.05) is 39.3 Å². The number of aliphatic hydroxyl groups is 1. The first-order valence-electron chi connectivity index (χ1n) is 21.5. The van der Waals surface area contributed by atoms with Crippen LogP contribution in [0.5, 0.6) is 5.75 Å². The van der Waals surface area contributed by atoms with Gasteiger partial charge in [-0.3, -0.25) is 14.4 Å². The first-order valence-corrected chi connectivity index (χ1v) is 21.5. The molecule has 0 radical (unpaired) electrons. The first kappa shape index (κ1) is 42.2. The Kier molecular flexibility index (Phi) is 13.9. The average molecular weight is 779 g/mol. The fraction of sp³-hybridized carbons (Fsp3) is 0.739. The summed E-state index contributed by atoms with van der Waals surface area (Å²) in [6.07, 6.45) is 12.4. The fourth-order valence-electron chi connectivity index (χ4n) is 12.5. The van der Waals surface area contributed by atoms with Crippen molar-refractivity contribution in [3.05, 3.63) is 41.5 Å². The lowest BCUT2D eigenvalue weighted by Gasteiger charge is -2.64. The van der Waals surface area contributed by atoms with Crippen LogP contribution in [0.2, 0.25) is 0 Å². The molecule has 0 aromatic heterocycles. The van der Waals surface area contributed by atoms with Crippen molar-refractivity contribution in [3.8, 4) is 5.75 Å². The van der Waals surface area contributed by atoms with Crippen molar-refractivity contribution in [2.24, 2.45) is 52.3 Å². The summed E-state index contributed by atoms with van der Waals surface area (Å²) in [7, 11) is 0. The van der Waals surface area contributed by atoms with Crippen LogP contribution >= 0.6 is 0 Å². The Morgan fingerprint density at radius 2 is 1.68 bits per heavy atom. The van der Waals surface area contributed by atoms with Gasteiger partial charge in [-0.2, -0.15) is 0 Å². The van der Waals surface area contributed by atoms with Crippen LogP contribution < -0.4 is 4.74 Å². The van der Waals surface area contributed by atoms with Crippen LogP contribution in [-0.4, -0.2) is 67.6 Å². The quantitative estimate of drug-likeness (QED) is 0.0763. The number of benzene rings is 1. The Labute approximate surface area is 333 Å². The molecule has 0 unspecified atom stereocenters. The SMILES string of the molecule is CCOC(=O)/C=C(/C)COc1ccc(C[C@H]2CCCC[C@H]2OC(=O)CC[C@@H](C)[C@H]2CC[C@H]3[C@@H]4[C@H](OC=O)C[C@@H]5C[C@H](O)CC[C@]5(C)[C@H]4C[C@H](OC=O)[C@]23C)cc1. The number of hydrogen-bond donors (Lipinski definition) is 1. The van der Waals surface area contributed by atoms with Gasteiger partial charge < -0.3 is 28.8 Å². The van der Waals surface area contributed by atoms with Crippen LogP contribution in [0.25, 0.3) is 0 Å². The molecule has 0 bridgehead atoms. The van der Waals surface area contributed by atoms with E-state index >= 15 is 0 Å². The second kappa shape index (κ2) is 18.5. The second-order valence-corrected chi connectivity index (χ2v) is 18.4. The molecule has 0 spiro atoms. The molecule has 1 aromatic rings. The monoisotopic (exact) mass is 778 g/mol. The molecule has 1 N–H and O–H groups in total. The number of carbonyl (C=O) groups excluding carboxylic acids is 4. The summed E-state index contributed by atoms with van der Waals surface area (Å²) < 4.78 is 29.1. The fourth-order valence-corrected chi connectivity index (χ4v) is 12.5. The predicted octanol–water partition coefficient (Wildman–Crippen LogP) is 7.96. The van der Waals surface area contributed by atoms with E-state index in [1.54, 1.807) is 6.92 Å². The van der Waals surface area contributed by atoms with E-state index in [1.165, 1.54) is 11.6 Å². The van der Waals surface area contributed by atoms with Crippen molar-refractivity contribution in [2.45, 2.75) is 149 Å². The lowest BCUT2D eigenvalue weighted by atomic mass is 9.43. The number of rotatable bonds is 16. The van der Waals surface area contributed by atoms with Gasteiger partial charge >= 0.3 is 11.9 Å². The van der Waals surface area contributed by atoms with Crippen molar-refractivity contribution in [2.75, 3.05) is 13.2 Å². The normalized spacial score (nSPS) is 37.1. The summed E-state index contributed by atoms with van der Waals surface area (Å²) in [4.78, 5) is 49.1. The Morgan fingerprint density at radius 3 is 2.41 bits per heavy atom. The minimum absolute atomic E-state index is 0.00878. The van der Waals surface area contributed by atoms with Gasteiger partial charge in [-0.15, -0.1) is 0 Å². The Morgan fingerprint density at radius 1 is 0.929 bits per heavy atom. The van der Waals surface area contributed by atoms with Gasteiger partial charge in [0.25, 0.3) is 12.9 Å². The molecule has 13 atom stereocenters. The van der Waals surface area contributed by atoms with Gasteiger partial charge in [-0.25, -0.2) is 4.79 Å². The molecule has 0 saturated heterocycles. The lowest BCUT2D eigenvalue weighted by molar-refractivity contribution is -0.217. The van der Waals surface area contributed by atoms with E-state index in [0.717, 1.165) is 88.4 Å². The van der Waals surface area contributed by atoms with Crippen LogP contribution in [0.4, 0.5) is 0 Å². The van der Waals surface area contributed by atoms with Gasteiger partial charge in [0.1, 0.15) is 30.7 Å². The molecule has 5 fully saturated rings. The van der Waals surface area contributed by atoms with E-state index in [9.17, 15) is 24.3 Å². The van der Waals surface area contributed by atoms with Crippen LogP contribution in [0.3, 0.4) is 0 Å². The molecular formula is C46H66O10. The summed E-state index contributed by atoms with van der Waals surface area (Å²) in [5.74, 6) is 1.82. The summed E-state index contributed by atoms with van der Waals surface area (Å²) >= 11 is 0. The molecule has 0 aliphatic heterocycles. The second-order valence-electron chi connectivity index (χ2n) is 18.4. The maximum Gasteiger partial charge on any atom is 0.330 e. The summed E-state index contributed by atoms with van der Waals surface area (Å²) in [5.41, 5.74) is 1.64. The number of esters is 2. The molecule has 5 saturated carbocycles. The molecule has 10 heteroatoms. The van der Waals surface area contributed by atoms with Gasteiger partial charge in [0.15, 0.2) is 0 Å². The highest BCUT2D eigenvalue weighted by atomic mass is 16.5. The third-order valence-corrected chi connectivity index (χ3v) is 15.4. The van der Waals surface area contributed by atoms with Crippen LogP contribution in [0.15, 0.2) is 35.9 Å². The van der Waals surface area contributed by atoms with Crippen LogP contribution in [0, 0.1) is 52.3 Å². The third kappa shape index (κ3) is 9.00. The van der Waals surface area contributed by atoms with Crippen molar-refractivity contribution < 1.29 is 48.0 Å². The Hall–Kier alpha value is -3.40. The number of ether oxygens (including phenoxy) is 5. The highest BCUT2D eigenvalue weighted by Gasteiger charge is 2.67. The van der Waals surface area contributed by atoms with Crippen LogP contribution in [-0.2, 0) is 44.5 Å². The number of fused-ring (bicyclic) bond motifs is 5. The van der Waals surface area contributed by atoms with E-state index < -0.39 is 0 Å². The van der Waals surface area contributed by atoms with Gasteiger partial charge in [0, 0.05) is 23.8 Å². The van der Waals surface area contributed by atoms with E-state index in [1.807, 2.05) is 19.1 Å². The molecule has 10 nitrogen and oxygen atoms in total. The number of hydrogen-bond acceptors (Lipinski definition) is 10. The van der Waals surface area contributed by atoms with Crippen molar-refractivity contribution in [1.82, 2.24) is 0 Å². The zero-order valence-electron chi connectivity index (χ0n) is 34.3. The lowest BCUT2D eigenvalue weighted by Crippen LogP contribution is -2.63. The molecule has 310 valence electrons. The molecule has 5 aliphatic rings. The minimum atomic E-state index is -0.365. The molecule has 6 rings (SSSR count). The van der Waals surface area contributed by atoms with E-state index in [2.05, 4.69) is 32.9 Å². The first-order chi connectivity index (χ1) is 26.9. The molecule has 1 aromatic carbocycles. The van der Waals surface area contributed by atoms with E-state index in [0.29, 0.717) is 39.0 Å². The summed E-state index contributed by atoms with van der Waals surface area (Å²) in [6.45, 7) is 12.4. The van der Waals surface area contributed by atoms with Gasteiger partial charge in [0.2, 0.25) is 0 Å². The zero-order chi connectivity index (χ0) is 40.0. The van der Waals surface area contributed by atoms with Gasteiger partial charge in [-0.05, 0) is 155 Å². The Balaban J connectivity index is 1.06. The standard InChI is InChI=1S/C46H66O10/c1-6-52-43(51)21-29(2)26-53-35-14-12-31(13-15-35)22-32-9-7-8-10-39(32)56-42(50)18-11-30(3)36-16-17-37-44-38(25-41(55-28-48)46(36,37)5)45(4)20-19-34(49)23-33(45)24-40(44)54-27-47/h12-15,21,27-28,30,32-34,36-41,44,49H,6-11,16-20,22-26H2,1-5H3/b29-21-/t30-,32-,33+,34-,36-,37+,38+,39-,40-,41+,44+,45+,46-/m1/s1. The summed E-state index contributed by atoms with van der Waals surface area (Å²) in [5, 5.41) is 10.6. The van der Waals surface area contributed by atoms with Gasteiger partial charge in [0.05, 0.1) is 12.7 Å². The average Bonchev–Trinajstić information content (AvgIpc) is 3.53. The molecule has 56 heavy (non-hydrogen) atoms.